The molecule has 0 saturated heterocycles. The van der Waals surface area contributed by atoms with Gasteiger partial charge in [0.1, 0.15) is 0 Å². The second-order valence-corrected chi connectivity index (χ2v) is 6.22. The van der Waals surface area contributed by atoms with Gasteiger partial charge in [0.05, 0.1) is 11.6 Å². The number of rotatable bonds is 5. The number of hydrogen-bond acceptors (Lipinski definition) is 1. The van der Waals surface area contributed by atoms with Gasteiger partial charge in [-0.3, -0.25) is 0 Å². The second kappa shape index (κ2) is 7.85. The van der Waals surface area contributed by atoms with Gasteiger partial charge in [-0.2, -0.15) is 0 Å². The summed E-state index contributed by atoms with van der Waals surface area (Å²) in [4.78, 5) is 0. The first-order valence-corrected chi connectivity index (χ1v) is 7.97. The van der Waals surface area contributed by atoms with Crippen LogP contribution in [0.15, 0.2) is 23.7 Å². The predicted octanol–water partition coefficient (Wildman–Crippen LogP) is 7.55. The lowest BCUT2D eigenvalue weighted by atomic mass is 9.47. The van der Waals surface area contributed by atoms with E-state index in [1.807, 2.05) is 0 Å². The molecule has 1 heteroatoms. The van der Waals surface area contributed by atoms with Gasteiger partial charge in [-0.25, -0.2) is 0 Å². The van der Waals surface area contributed by atoms with Gasteiger partial charge in [-0.1, -0.05) is 58.0 Å². The maximum absolute atomic E-state index is 11.2. The van der Waals surface area contributed by atoms with Crippen molar-refractivity contribution in [1.29, 1.82) is 0 Å². The number of hydrogen-bond donors (Lipinski definition) is 1. The van der Waals surface area contributed by atoms with E-state index in [0.29, 0.717) is 0 Å². The summed E-state index contributed by atoms with van der Waals surface area (Å²) in [6.45, 7) is -28.5. The molecule has 0 spiro atoms. The van der Waals surface area contributed by atoms with Gasteiger partial charge in [-0.15, -0.1) is 0 Å². The molecule has 0 heterocycles. The Morgan fingerprint density at radius 2 is 2.31 bits per heavy atom. The van der Waals surface area contributed by atoms with Crippen LogP contribution >= 0.6 is 0 Å². The van der Waals surface area contributed by atoms with E-state index in [2.05, 4.69) is 0 Å². The van der Waals surface area contributed by atoms with Crippen LogP contribution < -0.4 is 0 Å². The van der Waals surface area contributed by atoms with Gasteiger partial charge in [0.15, 0.2) is 0 Å². The fraction of sp³-hybridized carbons (Fsp3) is 0.857. The lowest BCUT2D eigenvalue weighted by Crippen LogP contribution is -2.50. The van der Waals surface area contributed by atoms with Crippen LogP contribution in [0.4, 0.5) is 0 Å². The van der Waals surface area contributed by atoms with Crippen LogP contribution in [0.25, 0.3) is 0 Å². The first kappa shape index (κ1) is 3.66. The molecule has 29 heavy (non-hydrogen) atoms. The summed E-state index contributed by atoms with van der Waals surface area (Å²) in [6.07, 6.45) is -61.1. The topological polar surface area (TPSA) is 20.2 Å². The molecule has 8 atom stereocenters. The zero-order valence-electron chi connectivity index (χ0n) is 59.4. The third-order valence-electron chi connectivity index (χ3n) is 4.42. The van der Waals surface area contributed by atoms with Crippen molar-refractivity contribution in [1.82, 2.24) is 0 Å². The van der Waals surface area contributed by atoms with E-state index >= 15 is 0 Å². The van der Waals surface area contributed by atoms with Crippen molar-refractivity contribution in [3.63, 3.8) is 0 Å². The van der Waals surface area contributed by atoms with Gasteiger partial charge in [0.25, 0.3) is 0 Å². The average molecular weight is 444 g/mol. The van der Waals surface area contributed by atoms with Crippen molar-refractivity contribution < 1.29 is 66.8 Å². The fourth-order valence-electron chi connectivity index (χ4n) is 2.96. The van der Waals surface area contributed by atoms with Gasteiger partial charge in [-0.05, 0) is 110 Å². The molecule has 4 aliphatic carbocycles. The normalized spacial score (nSPS) is 99.4. The standard InChI is InChI=1S/C28H46O/c1-18(2)19(3)7-8-20(4)24-11-12-25-23-10-9-21-17-22(29)13-15-27(21,5)26(23)14-16-28(24,25)6/h9,18,20,22-26,29H,3,7-8,10-17H2,1-2,4-6H3/t20-,22+,23?,24-,25?,26?,27+,28-/m1/s1/i1D3,2D3,3D2,4D3,5D3,6D3,7D2,8D2,9D,10D2,11D2,12D2,13D2,14D2,15D2,16D2,17D2,18D,20D,22D,23D,24D,25D,26D. The highest BCUT2D eigenvalue weighted by atomic mass is 16.3. The predicted molar refractivity (Wildman–Crippen MR) is 124 cm³/mol. The van der Waals surface area contributed by atoms with E-state index < -0.39 is 174 Å². The fourth-order valence-corrected chi connectivity index (χ4v) is 2.96. The van der Waals surface area contributed by atoms with Crippen LogP contribution in [0.5, 0.6) is 0 Å². The maximum atomic E-state index is 11.2. The molecule has 0 amide bonds. The van der Waals surface area contributed by atoms with Crippen molar-refractivity contribution in [3.8, 4) is 0 Å². The molecule has 3 saturated carbocycles. The van der Waals surface area contributed by atoms with Gasteiger partial charge < -0.3 is 5.11 Å². The molecule has 0 bridgehead atoms. The van der Waals surface area contributed by atoms with Crippen molar-refractivity contribution in [2.24, 2.45) is 46.2 Å². The van der Waals surface area contributed by atoms with E-state index in [9.17, 15) is 28.4 Å². The minimum atomic E-state index is -6.32. The summed E-state index contributed by atoms with van der Waals surface area (Å²) < 4.78 is 402. The molecule has 0 aromatic carbocycles. The highest BCUT2D eigenvalue weighted by Gasteiger charge is 2.59. The van der Waals surface area contributed by atoms with Crippen molar-refractivity contribution in [3.05, 3.63) is 23.7 Å². The lowest BCUT2D eigenvalue weighted by molar-refractivity contribution is -0.0571. The molecule has 4 rings (SSSR count). The smallest absolute Gasteiger partial charge is 0.0604 e. The molecule has 1 N–H and O–H groups in total. The summed E-state index contributed by atoms with van der Waals surface area (Å²) in [5.41, 5.74) is -17.6. The molecule has 3 unspecified atom stereocenters. The van der Waals surface area contributed by atoms with E-state index in [4.69, 9.17) is 38.4 Å². The van der Waals surface area contributed by atoms with Crippen LogP contribution in [-0.4, -0.2) is 11.2 Å². The Hall–Kier alpha value is -0.560. The van der Waals surface area contributed by atoms with E-state index in [1.54, 1.807) is 0 Å². The molecule has 4 aliphatic rings. The average Bonchev–Trinajstić information content (AvgIpc) is 3.22. The maximum Gasteiger partial charge on any atom is 0.0604 e. The molecular weight excluding hydrogens is 352 g/mol. The molecule has 0 aliphatic heterocycles. The molecular formula is C28H46O. The largest absolute Gasteiger partial charge is 0.393 e. The second-order valence-electron chi connectivity index (χ2n) is 6.22. The Morgan fingerprint density at radius 1 is 1.38 bits per heavy atom. The van der Waals surface area contributed by atoms with Crippen LogP contribution in [0.1, 0.15) is 160 Å². The molecule has 0 aromatic rings. The van der Waals surface area contributed by atoms with Gasteiger partial charge in [0.2, 0.25) is 0 Å². The van der Waals surface area contributed by atoms with Gasteiger partial charge in [0, 0.05) is 56.2 Å². The highest BCUT2D eigenvalue weighted by molar-refractivity contribution is 5.25. The summed E-state index contributed by atoms with van der Waals surface area (Å²) in [5, 5.41) is 11.2. The Kier molecular flexibility index (Phi) is 0.992. The Bertz CT molecular complexity index is 2400. The van der Waals surface area contributed by atoms with Crippen molar-refractivity contribution in [2.45, 2.75) is 104 Å². The minimum Gasteiger partial charge on any atom is -0.393 e. The first-order valence-electron chi connectivity index (χ1n) is 30.5. The summed E-state index contributed by atoms with van der Waals surface area (Å²) in [5.74, 6) is -35.7. The van der Waals surface area contributed by atoms with Crippen molar-refractivity contribution in [2.75, 3.05) is 0 Å². The van der Waals surface area contributed by atoms with Crippen LogP contribution in [0.3, 0.4) is 0 Å². The van der Waals surface area contributed by atoms with Crippen LogP contribution in [0, 0.1) is 46.2 Å². The quantitative estimate of drug-likeness (QED) is 0.435. The Labute approximate surface area is 243 Å². The molecule has 164 valence electrons. The summed E-state index contributed by atoms with van der Waals surface area (Å²) in [6, 6.07) is -2.86. The number of aliphatic hydroxyl groups is 1. The Balaban J connectivity index is 2.70. The number of allylic oxidation sites excluding steroid dienone is 2. The molecule has 1 nitrogen and oxygen atoms in total. The third kappa shape index (κ3) is 3.58. The number of fused-ring (bicyclic) bond motifs is 5. The lowest BCUT2D eigenvalue weighted by Gasteiger charge is -2.58. The Morgan fingerprint density at radius 3 is 3.07 bits per heavy atom. The van der Waals surface area contributed by atoms with E-state index in [0.717, 1.165) is 0 Å². The first-order chi connectivity index (χ1) is 31.3. The zero-order chi connectivity index (χ0) is 60.3. The highest BCUT2D eigenvalue weighted by Crippen LogP contribution is 2.67. The summed E-state index contributed by atoms with van der Waals surface area (Å²) >= 11 is 0. The SMILES string of the molecule is [2H]C([2H])=C(C([2H])([2H])C([2H])([2H])[C@@]([2H])(C([2H])([2H])[2H])[C@@]1([2H])C([2H])([2H])C([2H])([2H])C2([2H])C3([2H])C([2H])([2H])C([2H])=C4C([2H])([2H])[C@@]([2H])(O)C([2H])([2H])C([2H])([2H])[C@]4(C([2H])([2H])[2H])C3([2H])C([2H])([2H])C([2H])([2H])[C@@]21C([2H])([2H])[2H])C([2H])(C([2H])([2H])[2H])C([2H])([2H])[2H]. The van der Waals surface area contributed by atoms with E-state index in [-0.39, 0.29) is 0 Å². The summed E-state index contributed by atoms with van der Waals surface area (Å²) in [7, 11) is 0. The van der Waals surface area contributed by atoms with Crippen LogP contribution in [0.2, 0.25) is 0 Å². The molecule has 0 radical (unpaired) electrons. The molecule has 3 fully saturated rings. The van der Waals surface area contributed by atoms with Crippen LogP contribution in [-0.2, 0) is 0 Å². The third-order valence-corrected chi connectivity index (χ3v) is 4.42. The van der Waals surface area contributed by atoms with Gasteiger partial charge >= 0.3 is 0 Å². The molecule has 0 aromatic heterocycles. The van der Waals surface area contributed by atoms with E-state index in [1.165, 1.54) is 0 Å². The zero-order valence-corrected chi connectivity index (χ0v) is 14.4. The minimum absolute atomic E-state index is 2.61. The van der Waals surface area contributed by atoms with Crippen molar-refractivity contribution >= 4 is 0 Å². The monoisotopic (exact) mass is 444 g/mol.